The summed E-state index contributed by atoms with van der Waals surface area (Å²) >= 11 is 0. The maximum atomic E-state index is 5.43. The van der Waals surface area contributed by atoms with E-state index in [1.807, 2.05) is 13.8 Å². The van der Waals surface area contributed by atoms with Crippen molar-refractivity contribution in [2.24, 2.45) is 4.99 Å². The molecule has 0 heterocycles. The van der Waals surface area contributed by atoms with Crippen molar-refractivity contribution in [3.8, 4) is 0 Å². The SMILES string of the molecule is CCc1ccc(C(CNC(=NC)NCC(C)(C)OC)N(C)C)cc1.I. The first-order valence-electron chi connectivity index (χ1n) is 8.58. The van der Waals surface area contributed by atoms with Gasteiger partial charge in [-0.1, -0.05) is 31.2 Å². The van der Waals surface area contributed by atoms with Crippen molar-refractivity contribution in [1.29, 1.82) is 0 Å². The third-order valence-corrected chi connectivity index (χ3v) is 4.32. The van der Waals surface area contributed by atoms with Crippen LogP contribution in [0.15, 0.2) is 29.3 Å². The van der Waals surface area contributed by atoms with Gasteiger partial charge in [-0.15, -0.1) is 24.0 Å². The van der Waals surface area contributed by atoms with Gasteiger partial charge in [0.25, 0.3) is 0 Å². The molecule has 0 saturated carbocycles. The highest BCUT2D eigenvalue weighted by atomic mass is 127. The van der Waals surface area contributed by atoms with Crippen LogP contribution in [-0.2, 0) is 11.2 Å². The van der Waals surface area contributed by atoms with Crippen LogP contribution in [-0.4, -0.2) is 57.8 Å². The Balaban J connectivity index is 0.00000576. The number of likely N-dealkylation sites (N-methyl/N-ethyl adjacent to an activating group) is 1. The summed E-state index contributed by atoms with van der Waals surface area (Å²) < 4.78 is 5.43. The van der Waals surface area contributed by atoms with Crippen LogP contribution in [0.1, 0.15) is 37.9 Å². The third kappa shape index (κ3) is 8.37. The molecule has 1 aromatic carbocycles. The second-order valence-electron chi connectivity index (χ2n) is 6.85. The normalized spacial score (nSPS) is 13.4. The van der Waals surface area contributed by atoms with Crippen molar-refractivity contribution in [2.45, 2.75) is 38.8 Å². The summed E-state index contributed by atoms with van der Waals surface area (Å²) in [6.45, 7) is 7.75. The molecule has 0 aromatic heterocycles. The van der Waals surface area contributed by atoms with Crippen LogP contribution >= 0.6 is 24.0 Å². The van der Waals surface area contributed by atoms with Gasteiger partial charge in [-0.25, -0.2) is 0 Å². The number of ether oxygens (including phenoxy) is 1. The number of halogens is 1. The van der Waals surface area contributed by atoms with E-state index in [1.165, 1.54) is 11.1 Å². The maximum absolute atomic E-state index is 5.43. The fraction of sp³-hybridized carbons (Fsp3) is 0.632. The number of rotatable bonds is 8. The zero-order valence-electron chi connectivity index (χ0n) is 16.7. The smallest absolute Gasteiger partial charge is 0.191 e. The minimum Gasteiger partial charge on any atom is -0.377 e. The van der Waals surface area contributed by atoms with E-state index in [0.29, 0.717) is 6.54 Å². The summed E-state index contributed by atoms with van der Waals surface area (Å²) in [7, 11) is 7.71. The molecule has 0 aliphatic heterocycles. The van der Waals surface area contributed by atoms with Crippen molar-refractivity contribution < 1.29 is 4.74 Å². The molecule has 1 aromatic rings. The monoisotopic (exact) mass is 462 g/mol. The average molecular weight is 462 g/mol. The molecule has 1 unspecified atom stereocenters. The standard InChI is InChI=1S/C19H34N4O.HI/c1-8-15-9-11-16(12-10-15)17(23(5)6)13-21-18(20-4)22-14-19(2,3)24-7;/h9-12,17H,8,13-14H2,1-7H3,(H2,20,21,22);1H. The lowest BCUT2D eigenvalue weighted by molar-refractivity contribution is 0.0268. The zero-order chi connectivity index (χ0) is 18.2. The predicted molar refractivity (Wildman–Crippen MR) is 118 cm³/mol. The molecule has 0 amide bonds. The van der Waals surface area contributed by atoms with Crippen LogP contribution < -0.4 is 10.6 Å². The molecule has 0 saturated heterocycles. The third-order valence-electron chi connectivity index (χ3n) is 4.32. The average Bonchev–Trinajstić information content (AvgIpc) is 2.58. The van der Waals surface area contributed by atoms with Gasteiger partial charge in [-0.2, -0.15) is 0 Å². The zero-order valence-corrected chi connectivity index (χ0v) is 19.0. The Kier molecular flexibility index (Phi) is 11.3. The van der Waals surface area contributed by atoms with E-state index in [0.717, 1.165) is 18.9 Å². The van der Waals surface area contributed by atoms with E-state index in [9.17, 15) is 0 Å². The highest BCUT2D eigenvalue weighted by molar-refractivity contribution is 14.0. The molecule has 0 bridgehead atoms. The van der Waals surface area contributed by atoms with Crippen LogP contribution in [0, 0.1) is 0 Å². The van der Waals surface area contributed by atoms with Crippen molar-refractivity contribution in [3.63, 3.8) is 0 Å². The van der Waals surface area contributed by atoms with Crippen LogP contribution in [0.25, 0.3) is 0 Å². The largest absolute Gasteiger partial charge is 0.377 e. The Morgan fingerprint density at radius 3 is 2.24 bits per heavy atom. The number of benzene rings is 1. The summed E-state index contributed by atoms with van der Waals surface area (Å²) in [6, 6.07) is 9.13. The van der Waals surface area contributed by atoms with Gasteiger partial charge in [0.15, 0.2) is 5.96 Å². The number of aliphatic imine (C=N–C) groups is 1. The molecular formula is C19H35IN4O. The second-order valence-corrected chi connectivity index (χ2v) is 6.85. The highest BCUT2D eigenvalue weighted by Crippen LogP contribution is 2.18. The molecule has 1 atom stereocenters. The minimum absolute atomic E-state index is 0. The topological polar surface area (TPSA) is 48.9 Å². The van der Waals surface area contributed by atoms with Gasteiger partial charge in [0.05, 0.1) is 11.6 Å². The Hall–Kier alpha value is -0.860. The van der Waals surface area contributed by atoms with E-state index in [-0.39, 0.29) is 35.6 Å². The number of aryl methyl sites for hydroxylation is 1. The molecule has 0 radical (unpaired) electrons. The Morgan fingerprint density at radius 1 is 1.20 bits per heavy atom. The predicted octanol–water partition coefficient (Wildman–Crippen LogP) is 3.06. The van der Waals surface area contributed by atoms with Gasteiger partial charge in [-0.05, 0) is 45.5 Å². The van der Waals surface area contributed by atoms with E-state index >= 15 is 0 Å². The van der Waals surface area contributed by atoms with Gasteiger partial charge >= 0.3 is 0 Å². The Labute approximate surface area is 170 Å². The number of nitrogens with zero attached hydrogens (tertiary/aromatic N) is 2. The fourth-order valence-corrected chi connectivity index (χ4v) is 2.36. The van der Waals surface area contributed by atoms with E-state index in [4.69, 9.17) is 4.74 Å². The molecular weight excluding hydrogens is 427 g/mol. The summed E-state index contributed by atoms with van der Waals surface area (Å²) in [5.74, 6) is 0.789. The van der Waals surface area contributed by atoms with E-state index in [1.54, 1.807) is 14.2 Å². The molecule has 0 fully saturated rings. The number of guanidine groups is 1. The number of methoxy groups -OCH3 is 1. The quantitative estimate of drug-likeness (QED) is 0.354. The van der Waals surface area contributed by atoms with Crippen LogP contribution in [0.3, 0.4) is 0 Å². The van der Waals surface area contributed by atoms with Gasteiger partial charge in [0.1, 0.15) is 0 Å². The van der Waals surface area contributed by atoms with Crippen molar-refractivity contribution in [1.82, 2.24) is 15.5 Å². The number of nitrogens with one attached hydrogen (secondary N) is 2. The number of hydrogen-bond acceptors (Lipinski definition) is 3. The van der Waals surface area contributed by atoms with Gasteiger partial charge in [0.2, 0.25) is 0 Å². The fourth-order valence-electron chi connectivity index (χ4n) is 2.36. The molecule has 144 valence electrons. The molecule has 0 aliphatic carbocycles. The van der Waals surface area contributed by atoms with Crippen LogP contribution in [0.4, 0.5) is 0 Å². The first-order valence-corrected chi connectivity index (χ1v) is 8.58. The first kappa shape index (κ1) is 24.1. The lowest BCUT2D eigenvalue weighted by atomic mass is 10.0. The Bertz CT molecular complexity index is 515. The molecule has 2 N–H and O–H groups in total. The van der Waals surface area contributed by atoms with Gasteiger partial charge < -0.3 is 20.3 Å². The summed E-state index contributed by atoms with van der Waals surface area (Å²) in [6.07, 6.45) is 1.07. The van der Waals surface area contributed by atoms with Gasteiger partial charge in [0, 0.05) is 27.2 Å². The molecule has 0 aliphatic rings. The maximum Gasteiger partial charge on any atom is 0.191 e. The summed E-state index contributed by atoms with van der Waals surface area (Å²) in [4.78, 5) is 6.52. The van der Waals surface area contributed by atoms with E-state index < -0.39 is 0 Å². The second kappa shape index (κ2) is 11.7. The molecule has 1 rings (SSSR count). The molecule has 0 spiro atoms. The Morgan fingerprint density at radius 2 is 1.80 bits per heavy atom. The lowest BCUT2D eigenvalue weighted by Gasteiger charge is -2.28. The van der Waals surface area contributed by atoms with Gasteiger partial charge in [-0.3, -0.25) is 4.99 Å². The molecule has 5 nitrogen and oxygen atoms in total. The number of hydrogen-bond donors (Lipinski definition) is 2. The lowest BCUT2D eigenvalue weighted by Crippen LogP contribution is -2.47. The first-order chi connectivity index (χ1) is 11.3. The summed E-state index contributed by atoms with van der Waals surface area (Å²) in [5.41, 5.74) is 2.44. The molecule has 6 heteroatoms. The van der Waals surface area contributed by atoms with Crippen LogP contribution in [0.2, 0.25) is 0 Å². The van der Waals surface area contributed by atoms with Crippen molar-refractivity contribution in [2.75, 3.05) is 41.3 Å². The summed E-state index contributed by atoms with van der Waals surface area (Å²) in [5, 5.41) is 6.74. The van der Waals surface area contributed by atoms with Crippen molar-refractivity contribution >= 4 is 29.9 Å². The van der Waals surface area contributed by atoms with Crippen LogP contribution in [0.5, 0.6) is 0 Å². The van der Waals surface area contributed by atoms with Crippen molar-refractivity contribution in [3.05, 3.63) is 35.4 Å². The van der Waals surface area contributed by atoms with E-state index in [2.05, 4.69) is 65.8 Å². The minimum atomic E-state index is -0.228. The molecule has 25 heavy (non-hydrogen) atoms. The highest BCUT2D eigenvalue weighted by Gasteiger charge is 2.18.